The Morgan fingerprint density at radius 3 is 0.828 bits per heavy atom. The lowest BCUT2D eigenvalue weighted by molar-refractivity contribution is 0.184. The fourth-order valence-electron chi connectivity index (χ4n) is 14.5. The summed E-state index contributed by atoms with van der Waals surface area (Å²) in [5.41, 5.74) is 14.7. The second-order valence-corrected chi connectivity index (χ2v) is 56.8. The zero-order valence-electron chi connectivity index (χ0n) is 103. The van der Waals surface area contributed by atoms with E-state index >= 15 is 0 Å². The fourth-order valence-corrected chi connectivity index (χ4v) is 14.5. The van der Waals surface area contributed by atoms with Gasteiger partial charge in [0.1, 0.15) is 46.1 Å². The van der Waals surface area contributed by atoms with Crippen LogP contribution >= 0.6 is 0 Å². The van der Waals surface area contributed by atoms with Crippen molar-refractivity contribution in [1.82, 2.24) is 0 Å². The lowest BCUT2D eigenvalue weighted by Crippen LogP contribution is -2.21. The van der Waals surface area contributed by atoms with Crippen molar-refractivity contribution in [2.75, 3.05) is 88.4 Å². The molecule has 8 rings (SSSR count). The Balaban J connectivity index is 0.000000829. The van der Waals surface area contributed by atoms with Crippen LogP contribution in [0.15, 0.2) is 121 Å². The molecular weight excluding hydrogens is 1810 g/mol. The summed E-state index contributed by atoms with van der Waals surface area (Å²) >= 11 is 0. The summed E-state index contributed by atoms with van der Waals surface area (Å²) in [6, 6.07) is 39.5. The first-order valence-corrected chi connectivity index (χ1v) is 52.0. The molecule has 13 nitrogen and oxygen atoms in total. The van der Waals surface area contributed by atoms with Crippen LogP contribution in [0.2, 0.25) is 0 Å². The molecular formula is C129H207F3O13. The van der Waals surface area contributed by atoms with Gasteiger partial charge in [0.25, 0.3) is 0 Å². The zero-order chi connectivity index (χ0) is 113. The summed E-state index contributed by atoms with van der Waals surface area (Å²) in [6.45, 7) is 116. The van der Waals surface area contributed by atoms with Gasteiger partial charge in [-0.15, -0.1) is 0 Å². The minimum Gasteiger partial charge on any atom is -0.497 e. The van der Waals surface area contributed by atoms with Crippen molar-refractivity contribution in [3.05, 3.63) is 206 Å². The Morgan fingerprint density at radius 1 is 0.193 bits per heavy atom. The molecule has 0 spiro atoms. The second kappa shape index (κ2) is 53.9. The van der Waals surface area contributed by atoms with E-state index in [4.69, 9.17) is 61.6 Å². The molecule has 0 saturated heterocycles. The van der Waals surface area contributed by atoms with Crippen molar-refractivity contribution in [1.29, 1.82) is 0 Å². The lowest BCUT2D eigenvalue weighted by Gasteiger charge is -2.28. The molecule has 0 amide bonds. The average molecular weight is 2020 g/mol. The second-order valence-electron chi connectivity index (χ2n) is 56.8. The number of methoxy groups -OCH3 is 5. The van der Waals surface area contributed by atoms with E-state index in [0.717, 1.165) is 81.8 Å². The van der Waals surface area contributed by atoms with Gasteiger partial charge in [-0.25, -0.2) is 8.78 Å². The lowest BCUT2D eigenvalue weighted by atomic mass is 9.83. The number of aryl methyl sites for hydroxylation is 3. The van der Waals surface area contributed by atoms with Crippen LogP contribution in [0.4, 0.5) is 13.2 Å². The molecule has 0 aliphatic heterocycles. The molecule has 8 aromatic rings. The molecule has 0 fully saturated rings. The van der Waals surface area contributed by atoms with Crippen LogP contribution in [0, 0.1) is 88.5 Å². The Labute approximate surface area is 884 Å². The normalized spacial score (nSPS) is 12.5. The van der Waals surface area contributed by atoms with E-state index in [-0.39, 0.29) is 92.8 Å². The van der Waals surface area contributed by atoms with Gasteiger partial charge in [-0.3, -0.25) is 0 Å². The summed E-state index contributed by atoms with van der Waals surface area (Å²) in [4.78, 5) is 0. The molecule has 0 aliphatic rings. The van der Waals surface area contributed by atoms with Gasteiger partial charge < -0.3 is 61.6 Å². The van der Waals surface area contributed by atoms with Crippen LogP contribution in [-0.2, 0) is 43.3 Å². The van der Waals surface area contributed by atoms with Crippen molar-refractivity contribution in [2.45, 2.75) is 403 Å². The number of ether oxygens (including phenoxy) is 13. The van der Waals surface area contributed by atoms with Gasteiger partial charge >= 0.3 is 0 Å². The summed E-state index contributed by atoms with van der Waals surface area (Å²) in [7, 11) is 8.42. The summed E-state index contributed by atoms with van der Waals surface area (Å²) < 4.78 is 115. The molecule has 0 heterocycles. The molecule has 0 atom stereocenters. The van der Waals surface area contributed by atoms with E-state index in [9.17, 15) is 13.2 Å². The maximum absolute atomic E-state index is 13.9. The van der Waals surface area contributed by atoms with Crippen molar-refractivity contribution in [3.8, 4) is 74.7 Å². The van der Waals surface area contributed by atoms with E-state index in [1.54, 1.807) is 41.6 Å². The monoisotopic (exact) mass is 2020 g/mol. The summed E-state index contributed by atoms with van der Waals surface area (Å²) in [5.74, 6) is 8.04. The predicted octanol–water partition coefficient (Wildman–Crippen LogP) is 37.0. The van der Waals surface area contributed by atoms with Crippen LogP contribution in [0.1, 0.15) is 399 Å². The first-order valence-electron chi connectivity index (χ1n) is 52.0. The average Bonchev–Trinajstić information content (AvgIpc) is 0.805. The van der Waals surface area contributed by atoms with Gasteiger partial charge in [0.15, 0.2) is 34.6 Å². The highest BCUT2D eigenvalue weighted by Gasteiger charge is 2.32. The van der Waals surface area contributed by atoms with Gasteiger partial charge in [0, 0.05) is 29.3 Å². The van der Waals surface area contributed by atoms with Gasteiger partial charge in [0.2, 0.25) is 11.6 Å². The summed E-state index contributed by atoms with van der Waals surface area (Å²) in [6.07, 6.45) is 0. The zero-order valence-corrected chi connectivity index (χ0v) is 103. The topological polar surface area (TPSA) is 120 Å². The SMILES string of the molecule is CC(C)(C)COc1ccc(C(C)(C)C)c(F)c1.CC(C)(C)COc1ccc(C(C)(C)C)c(F)c1F.CC(C)(C)COc1ccc(C(C)(C)C)cc1.COc1cc(C(C)(C)C)cc(OC)c1OCC(C)(C)C.COc1cc(C)c(C(C)(C)C)c(OCC(C)(C)C)c1.COc1cc(OCC(C)(C)C)cc(C)c1C(C)(C)C.COc1ccc(C(C)(C)C)c(C)c1OCC(C)(C)C.Cc1cc(OCC(C)(C)C)ccc1C(C)(C)C. The molecule has 0 bridgehead atoms. The highest BCUT2D eigenvalue weighted by Crippen LogP contribution is 2.46. The number of hydrogen-bond acceptors (Lipinski definition) is 13. The molecule has 0 aliphatic carbocycles. The fraction of sp³-hybridized carbons (Fsp3) is 0.628. The standard InChI is InChI=1S/C17H28O3.3C17H28O2.C16H26O.C15H22F2O.C15H23FO.C15H24O/c1-16(2,3)11-20-15-13(18-7)9-12(17(4,5)6)10-14(15)19-8;1-12-9-13(19-11-16(2,3)4)10-14(18-8)15(12)17(5,6)7;1-12-9-13(18-8)10-14(15(12)17(5,6)7)19-11-16(2,3)4;1-12-13(17(5,6)7)9-10-14(18-8)15(12)19-11-16(2,3)4;1-12-10-13(17-11-15(2,3)4)8-9-14(12)16(5,6)7;1-14(2,3)9-18-11-8-7-10(15(4,5)6)12(16)13(11)17;1-14(2,3)10-17-11-7-8-12(13(16)9-11)15(4,5)6;1-14(2,3)11-16-13-9-7-12(8-10-13)15(4,5)6/h9-10H,11H2,1-8H3;3*9-10H,11H2,1-8H3;8-10H,11H2,1-7H3;7-8H,9H2,1-6H3;7-9H,10H2,1-6H3;7-10H,11H2,1-6H3. The van der Waals surface area contributed by atoms with Gasteiger partial charge in [0.05, 0.1) is 88.4 Å². The predicted molar refractivity (Wildman–Crippen MR) is 612 cm³/mol. The minimum absolute atomic E-state index is 0.0181. The Morgan fingerprint density at radius 2 is 0.483 bits per heavy atom. The van der Waals surface area contributed by atoms with Crippen molar-refractivity contribution >= 4 is 0 Å². The van der Waals surface area contributed by atoms with E-state index in [1.807, 2.05) is 105 Å². The number of benzene rings is 8. The molecule has 16 heteroatoms. The van der Waals surface area contributed by atoms with Crippen LogP contribution in [0.5, 0.6) is 74.7 Å². The van der Waals surface area contributed by atoms with E-state index in [0.29, 0.717) is 56.7 Å². The Kier molecular flexibility index (Phi) is 49.8. The van der Waals surface area contributed by atoms with Gasteiger partial charge in [-0.05, 0) is 237 Å². The molecule has 822 valence electrons. The van der Waals surface area contributed by atoms with Crippen LogP contribution in [0.25, 0.3) is 0 Å². The third-order valence-electron chi connectivity index (χ3n) is 21.9. The minimum atomic E-state index is -0.897. The maximum Gasteiger partial charge on any atom is 0.203 e. The molecule has 0 aromatic heterocycles. The van der Waals surface area contributed by atoms with Crippen LogP contribution in [0.3, 0.4) is 0 Å². The van der Waals surface area contributed by atoms with Gasteiger partial charge in [-0.2, -0.15) is 4.39 Å². The molecule has 0 unspecified atom stereocenters. The molecule has 0 radical (unpaired) electrons. The quantitative estimate of drug-likeness (QED) is 0.0679. The highest BCUT2D eigenvalue weighted by molar-refractivity contribution is 5.56. The highest BCUT2D eigenvalue weighted by atomic mass is 19.2. The van der Waals surface area contributed by atoms with Crippen molar-refractivity contribution in [3.63, 3.8) is 0 Å². The van der Waals surface area contributed by atoms with Crippen LogP contribution in [-0.4, -0.2) is 88.4 Å². The van der Waals surface area contributed by atoms with E-state index in [1.165, 1.54) is 62.2 Å². The van der Waals surface area contributed by atoms with Crippen LogP contribution < -0.4 is 61.6 Å². The number of halogens is 3. The maximum atomic E-state index is 13.9. The first-order chi connectivity index (χ1) is 65.1. The molecule has 8 aromatic carbocycles. The molecule has 0 N–H and O–H groups in total. The van der Waals surface area contributed by atoms with E-state index < -0.39 is 17.0 Å². The third kappa shape index (κ3) is 51.6. The smallest absolute Gasteiger partial charge is 0.203 e. The van der Waals surface area contributed by atoms with Crippen molar-refractivity contribution in [2.24, 2.45) is 43.3 Å². The molecule has 145 heavy (non-hydrogen) atoms. The summed E-state index contributed by atoms with van der Waals surface area (Å²) in [5, 5.41) is 0. The van der Waals surface area contributed by atoms with Crippen molar-refractivity contribution < 1.29 is 74.8 Å². The largest absolute Gasteiger partial charge is 0.497 e. The first kappa shape index (κ1) is 134. The Hall–Kier alpha value is -9.05. The van der Waals surface area contributed by atoms with E-state index in [2.05, 4.69) is 358 Å². The van der Waals surface area contributed by atoms with Gasteiger partial charge in [-0.1, -0.05) is 369 Å². The molecule has 0 saturated carbocycles. The third-order valence-corrected chi connectivity index (χ3v) is 21.9. The Bertz CT molecular complexity index is 5120. The number of hydrogen-bond donors (Lipinski definition) is 0. The number of rotatable bonds is 21.